The number of halogens is 11. The number of rotatable bonds is 5. The van der Waals surface area contributed by atoms with Gasteiger partial charge in [0.05, 0.1) is 22.5 Å². The van der Waals surface area contributed by atoms with Gasteiger partial charge in [0.2, 0.25) is 0 Å². The second-order valence-electron chi connectivity index (χ2n) is 8.39. The largest absolute Gasteiger partial charge is 0.506 e. The van der Waals surface area contributed by atoms with E-state index in [1.165, 1.54) is 29.6 Å². The number of carbonyl (C=O) groups is 2. The maximum absolute atomic E-state index is 15.2. The minimum Gasteiger partial charge on any atom is -0.506 e. The van der Waals surface area contributed by atoms with Gasteiger partial charge < -0.3 is 15.3 Å². The Morgan fingerprint density at radius 1 is 0.805 bits per heavy atom. The lowest BCUT2D eigenvalue weighted by Gasteiger charge is -2.31. The first-order valence-corrected chi connectivity index (χ1v) is 10.9. The fourth-order valence-corrected chi connectivity index (χ4v) is 3.69. The van der Waals surface area contributed by atoms with Crippen LogP contribution in [0.1, 0.15) is 31.8 Å². The van der Waals surface area contributed by atoms with Crippen molar-refractivity contribution < 1.29 is 63.0 Å². The minimum atomic E-state index is -6.81. The molecule has 0 unspecified atom stereocenters. The maximum atomic E-state index is 15.2. The Kier molecular flexibility index (Phi) is 8.02. The van der Waals surface area contributed by atoms with Gasteiger partial charge in [0, 0.05) is 18.2 Å². The number of carbonyl (C=O) groups excluding carboxylic acids is 2. The number of hydrogen-bond donors (Lipinski definition) is 2. The average molecular weight is 600 g/mol. The van der Waals surface area contributed by atoms with E-state index in [0.717, 1.165) is 30.1 Å². The van der Waals surface area contributed by atoms with E-state index < -0.39 is 87.8 Å². The molecular formula is C25H15F11N2O3. The molecule has 0 saturated heterocycles. The fraction of sp³-hybridized carbons (Fsp3) is 0.200. The number of hydrogen-bond acceptors (Lipinski definition) is 3. The Hall–Kier alpha value is -4.37. The van der Waals surface area contributed by atoms with Crippen LogP contribution >= 0.6 is 0 Å². The average Bonchev–Trinajstić information content (AvgIpc) is 2.86. The van der Waals surface area contributed by atoms with Crippen molar-refractivity contribution in [3.05, 3.63) is 88.7 Å². The van der Waals surface area contributed by atoms with Crippen molar-refractivity contribution in [3.8, 4) is 5.75 Å². The summed E-state index contributed by atoms with van der Waals surface area (Å²) in [6, 6.07) is 8.62. The molecular weight excluding hydrogens is 585 g/mol. The van der Waals surface area contributed by atoms with Crippen LogP contribution in [0.5, 0.6) is 5.75 Å². The highest BCUT2D eigenvalue weighted by molar-refractivity contribution is 6.09. The van der Waals surface area contributed by atoms with Crippen LogP contribution in [0.4, 0.5) is 59.7 Å². The fourth-order valence-electron chi connectivity index (χ4n) is 3.69. The van der Waals surface area contributed by atoms with Crippen LogP contribution in [0, 0.1) is 5.82 Å². The van der Waals surface area contributed by atoms with Gasteiger partial charge in [-0.15, -0.1) is 0 Å². The van der Waals surface area contributed by atoms with Crippen molar-refractivity contribution in [3.63, 3.8) is 0 Å². The molecule has 41 heavy (non-hydrogen) atoms. The number of aromatic hydroxyl groups is 1. The Balaban J connectivity index is 2.08. The van der Waals surface area contributed by atoms with Crippen LogP contribution in [0.2, 0.25) is 0 Å². The number of benzene rings is 3. The SMILES string of the molecule is CN(C(=O)c1ccccc1)c1cccc(C(=O)Nc2c(O)cc(C(F)(C(F)(F)F)C(F)(F)F)cc2C(F)(F)F)c1F. The number of alkyl halides is 10. The predicted molar refractivity (Wildman–Crippen MR) is 122 cm³/mol. The van der Waals surface area contributed by atoms with E-state index in [4.69, 9.17) is 0 Å². The summed E-state index contributed by atoms with van der Waals surface area (Å²) in [5, 5.41) is 11.4. The molecule has 0 radical (unpaired) electrons. The molecule has 0 bridgehead atoms. The molecule has 0 heterocycles. The number of phenols is 1. The van der Waals surface area contributed by atoms with Crippen molar-refractivity contribution >= 4 is 23.2 Å². The van der Waals surface area contributed by atoms with E-state index in [1.807, 2.05) is 0 Å². The molecule has 220 valence electrons. The molecule has 0 atom stereocenters. The summed E-state index contributed by atoms with van der Waals surface area (Å²) >= 11 is 0. The van der Waals surface area contributed by atoms with E-state index >= 15 is 4.39 Å². The summed E-state index contributed by atoms with van der Waals surface area (Å²) in [5.41, 5.74) is -14.8. The zero-order valence-electron chi connectivity index (χ0n) is 20.1. The molecule has 2 N–H and O–H groups in total. The smallest absolute Gasteiger partial charge is 0.435 e. The van der Waals surface area contributed by atoms with Gasteiger partial charge in [-0.3, -0.25) is 9.59 Å². The molecule has 0 saturated carbocycles. The Bertz CT molecular complexity index is 1450. The van der Waals surface area contributed by atoms with Gasteiger partial charge in [-0.25, -0.2) is 8.78 Å². The standard InChI is InChI=1S/C25H15F11N2O3/c1-38(21(41)12-6-3-2-4-7-12)16-9-5-8-14(18(16)26)20(40)37-19-15(23(28,29)30)10-13(11-17(19)39)22(27,24(31,32)33)25(34,35)36/h2-11,39H,1H3,(H,37,40). The van der Waals surface area contributed by atoms with Crippen LogP contribution in [-0.4, -0.2) is 36.3 Å². The topological polar surface area (TPSA) is 69.6 Å². The molecule has 5 nitrogen and oxygen atoms in total. The van der Waals surface area contributed by atoms with E-state index in [2.05, 4.69) is 0 Å². The first kappa shape index (κ1) is 31.2. The highest BCUT2D eigenvalue weighted by atomic mass is 19.4. The summed E-state index contributed by atoms with van der Waals surface area (Å²) in [4.78, 5) is 26.1. The molecule has 2 amide bonds. The lowest BCUT2D eigenvalue weighted by Crippen LogP contribution is -2.50. The molecule has 0 aliphatic carbocycles. The zero-order valence-corrected chi connectivity index (χ0v) is 20.1. The van der Waals surface area contributed by atoms with E-state index in [1.54, 1.807) is 6.07 Å². The Morgan fingerprint density at radius 2 is 1.37 bits per heavy atom. The molecule has 3 aromatic carbocycles. The predicted octanol–water partition coefficient (Wildman–Crippen LogP) is 7.37. The van der Waals surface area contributed by atoms with Gasteiger partial charge in [-0.2, -0.15) is 39.5 Å². The third-order valence-corrected chi connectivity index (χ3v) is 5.75. The van der Waals surface area contributed by atoms with Gasteiger partial charge in [0.25, 0.3) is 11.8 Å². The molecule has 0 fully saturated rings. The van der Waals surface area contributed by atoms with Crippen LogP contribution in [0.15, 0.2) is 60.7 Å². The van der Waals surface area contributed by atoms with Crippen molar-refractivity contribution in [1.82, 2.24) is 0 Å². The summed E-state index contributed by atoms with van der Waals surface area (Å²) in [7, 11) is 1.10. The van der Waals surface area contributed by atoms with Gasteiger partial charge in [-0.05, 0) is 36.4 Å². The molecule has 3 aromatic rings. The number of amides is 2. The highest BCUT2D eigenvalue weighted by Crippen LogP contribution is 2.55. The summed E-state index contributed by atoms with van der Waals surface area (Å²) in [6.45, 7) is 0. The Morgan fingerprint density at radius 3 is 1.88 bits per heavy atom. The second kappa shape index (κ2) is 10.6. The Labute approximate surface area is 222 Å². The molecule has 0 aliphatic rings. The second-order valence-corrected chi connectivity index (χ2v) is 8.39. The van der Waals surface area contributed by atoms with Crippen molar-refractivity contribution in [2.45, 2.75) is 24.2 Å². The van der Waals surface area contributed by atoms with E-state index in [9.17, 15) is 58.6 Å². The van der Waals surface area contributed by atoms with Gasteiger partial charge in [0.15, 0.2) is 5.82 Å². The zero-order chi connectivity index (χ0) is 31.1. The summed E-state index contributed by atoms with van der Waals surface area (Å²) < 4.78 is 149. The van der Waals surface area contributed by atoms with Crippen LogP contribution in [0.3, 0.4) is 0 Å². The molecule has 3 rings (SSSR count). The molecule has 16 heteroatoms. The monoisotopic (exact) mass is 600 g/mol. The van der Waals surface area contributed by atoms with Crippen LogP contribution in [0.25, 0.3) is 0 Å². The number of anilines is 2. The van der Waals surface area contributed by atoms with Gasteiger partial charge in [0.1, 0.15) is 5.75 Å². The van der Waals surface area contributed by atoms with E-state index in [-0.39, 0.29) is 5.56 Å². The van der Waals surface area contributed by atoms with Gasteiger partial charge >= 0.3 is 24.2 Å². The lowest BCUT2D eigenvalue weighted by molar-refractivity contribution is -0.348. The van der Waals surface area contributed by atoms with E-state index in [0.29, 0.717) is 0 Å². The lowest BCUT2D eigenvalue weighted by atomic mass is 9.91. The minimum absolute atomic E-state index is 0.0886. The highest BCUT2D eigenvalue weighted by Gasteiger charge is 2.73. The number of nitrogens with one attached hydrogen (secondary N) is 1. The van der Waals surface area contributed by atoms with Gasteiger partial charge in [-0.1, -0.05) is 24.3 Å². The third kappa shape index (κ3) is 5.76. The number of nitrogens with zero attached hydrogens (tertiary/aromatic N) is 1. The quantitative estimate of drug-likeness (QED) is 0.238. The molecule has 0 spiro atoms. The molecule has 0 aromatic heterocycles. The first-order chi connectivity index (χ1) is 18.7. The maximum Gasteiger partial charge on any atom is 0.435 e. The summed E-state index contributed by atoms with van der Waals surface area (Å²) in [5.74, 6) is -6.01. The normalized spacial score (nSPS) is 12.7. The van der Waals surface area contributed by atoms with Crippen molar-refractivity contribution in [1.29, 1.82) is 0 Å². The van der Waals surface area contributed by atoms with Crippen LogP contribution in [-0.2, 0) is 11.8 Å². The van der Waals surface area contributed by atoms with Crippen molar-refractivity contribution in [2.75, 3.05) is 17.3 Å². The van der Waals surface area contributed by atoms with Crippen molar-refractivity contribution in [2.24, 2.45) is 0 Å². The number of phenolic OH excluding ortho intramolecular Hbond substituents is 1. The summed E-state index contributed by atoms with van der Waals surface area (Å²) in [6.07, 6.45) is -19.5. The van der Waals surface area contributed by atoms with Crippen LogP contribution < -0.4 is 10.2 Å². The molecule has 0 aliphatic heterocycles. The third-order valence-electron chi connectivity index (χ3n) is 5.75. The first-order valence-electron chi connectivity index (χ1n) is 10.9.